The number of hydrogen-bond donors (Lipinski definition) is 0. The van der Waals surface area contributed by atoms with Crippen LogP contribution in [0, 0.1) is 0 Å². The molecule has 1 unspecified atom stereocenters. The van der Waals surface area contributed by atoms with Crippen LogP contribution in [0.1, 0.15) is 30.1 Å². The Morgan fingerprint density at radius 3 is 2.54 bits per heavy atom. The number of ether oxygens (including phenoxy) is 1. The van der Waals surface area contributed by atoms with E-state index >= 15 is 0 Å². The zero-order valence-electron chi connectivity index (χ0n) is 14.5. The number of morpholine rings is 1. The van der Waals surface area contributed by atoms with Gasteiger partial charge in [0.15, 0.2) is 0 Å². The number of carbonyl (C=O) groups excluding carboxylic acids is 1. The van der Waals surface area contributed by atoms with Gasteiger partial charge in [-0.05, 0) is 31.9 Å². The van der Waals surface area contributed by atoms with Crippen LogP contribution in [0.3, 0.4) is 0 Å². The number of para-hydroxylation sites is 1. The Hall–Kier alpha value is -1.59. The molecule has 1 aromatic carbocycles. The Morgan fingerprint density at radius 1 is 1.08 bits per heavy atom. The average Bonchev–Trinajstić information content (AvgIpc) is 3.47. The number of amides is 1. The van der Waals surface area contributed by atoms with Crippen molar-refractivity contribution in [2.45, 2.75) is 31.8 Å². The van der Waals surface area contributed by atoms with E-state index in [0.717, 1.165) is 63.2 Å². The van der Waals surface area contributed by atoms with Crippen LogP contribution in [0.5, 0.6) is 0 Å². The molecule has 3 aliphatic rings. The van der Waals surface area contributed by atoms with Crippen LogP contribution in [0.4, 0.5) is 5.69 Å². The molecule has 0 spiro atoms. The van der Waals surface area contributed by atoms with Crippen LogP contribution in [0.15, 0.2) is 24.3 Å². The molecule has 4 rings (SSSR count). The molecule has 2 aliphatic heterocycles. The molecule has 0 bridgehead atoms. The van der Waals surface area contributed by atoms with Crippen molar-refractivity contribution in [1.82, 2.24) is 9.80 Å². The Kier molecular flexibility index (Phi) is 4.46. The van der Waals surface area contributed by atoms with E-state index in [4.69, 9.17) is 4.74 Å². The van der Waals surface area contributed by atoms with Gasteiger partial charge < -0.3 is 14.5 Å². The first-order valence-electron chi connectivity index (χ1n) is 9.21. The molecule has 5 heteroatoms. The van der Waals surface area contributed by atoms with E-state index in [-0.39, 0.29) is 11.9 Å². The lowest BCUT2D eigenvalue weighted by atomic mass is 10.1. The summed E-state index contributed by atoms with van der Waals surface area (Å²) in [6, 6.07) is 9.12. The molecule has 0 radical (unpaired) electrons. The molecule has 1 aliphatic carbocycles. The number of nitrogens with zero attached hydrogens (tertiary/aromatic N) is 3. The van der Waals surface area contributed by atoms with Crippen LogP contribution in [0.25, 0.3) is 0 Å². The van der Waals surface area contributed by atoms with Crippen molar-refractivity contribution in [1.29, 1.82) is 0 Å². The third kappa shape index (κ3) is 3.15. The largest absolute Gasteiger partial charge is 0.378 e. The molecule has 0 aromatic heterocycles. The fraction of sp³-hybridized carbons (Fsp3) is 0.632. The second-order valence-electron chi connectivity index (χ2n) is 7.19. The van der Waals surface area contributed by atoms with E-state index in [1.807, 2.05) is 18.2 Å². The summed E-state index contributed by atoms with van der Waals surface area (Å²) in [5.74, 6) is 0.181. The monoisotopic (exact) mass is 329 g/mol. The topological polar surface area (TPSA) is 36.0 Å². The maximum absolute atomic E-state index is 13.2. The maximum Gasteiger partial charge on any atom is 0.256 e. The first-order chi connectivity index (χ1) is 11.7. The van der Waals surface area contributed by atoms with E-state index in [9.17, 15) is 4.79 Å². The van der Waals surface area contributed by atoms with Gasteiger partial charge in [0, 0.05) is 50.5 Å². The summed E-state index contributed by atoms with van der Waals surface area (Å²) in [7, 11) is 0. The van der Waals surface area contributed by atoms with Gasteiger partial charge in [0.1, 0.15) is 0 Å². The molecule has 0 N–H and O–H groups in total. The number of benzene rings is 1. The highest BCUT2D eigenvalue weighted by molar-refractivity contribution is 6.00. The van der Waals surface area contributed by atoms with Gasteiger partial charge in [0.2, 0.25) is 0 Å². The van der Waals surface area contributed by atoms with E-state index in [1.54, 1.807) is 0 Å². The minimum Gasteiger partial charge on any atom is -0.378 e. The molecule has 2 heterocycles. The van der Waals surface area contributed by atoms with Gasteiger partial charge in [-0.1, -0.05) is 12.1 Å². The Balaban J connectivity index is 1.51. The van der Waals surface area contributed by atoms with Gasteiger partial charge in [-0.15, -0.1) is 0 Å². The lowest BCUT2D eigenvalue weighted by Crippen LogP contribution is -2.54. The number of rotatable bonds is 3. The summed E-state index contributed by atoms with van der Waals surface area (Å²) in [6.07, 6.45) is 2.67. The van der Waals surface area contributed by atoms with E-state index in [0.29, 0.717) is 0 Å². The highest BCUT2D eigenvalue weighted by Crippen LogP contribution is 2.30. The zero-order valence-corrected chi connectivity index (χ0v) is 14.5. The zero-order chi connectivity index (χ0) is 16.5. The van der Waals surface area contributed by atoms with Crippen LogP contribution in [0.2, 0.25) is 0 Å². The lowest BCUT2D eigenvalue weighted by Gasteiger charge is -2.40. The Morgan fingerprint density at radius 2 is 1.83 bits per heavy atom. The van der Waals surface area contributed by atoms with Crippen LogP contribution in [-0.2, 0) is 4.74 Å². The number of piperazine rings is 1. The first-order valence-corrected chi connectivity index (χ1v) is 9.21. The molecule has 24 heavy (non-hydrogen) atoms. The summed E-state index contributed by atoms with van der Waals surface area (Å²) >= 11 is 0. The molecular formula is C19H27N3O2. The van der Waals surface area contributed by atoms with Crippen LogP contribution >= 0.6 is 0 Å². The molecule has 1 aromatic rings. The second-order valence-corrected chi connectivity index (χ2v) is 7.19. The van der Waals surface area contributed by atoms with Gasteiger partial charge in [0.25, 0.3) is 5.91 Å². The number of anilines is 1. The minimum absolute atomic E-state index is 0.181. The second kappa shape index (κ2) is 6.73. The van der Waals surface area contributed by atoms with E-state index in [1.165, 1.54) is 12.8 Å². The van der Waals surface area contributed by atoms with Gasteiger partial charge in [0.05, 0.1) is 18.8 Å². The average molecular weight is 329 g/mol. The van der Waals surface area contributed by atoms with Gasteiger partial charge in [-0.2, -0.15) is 0 Å². The molecule has 130 valence electrons. The SMILES string of the molecule is CC1CN(C2CC2)CCN1C(=O)c1ccccc1N1CCOCC1. The van der Waals surface area contributed by atoms with Crippen molar-refractivity contribution >= 4 is 11.6 Å². The summed E-state index contributed by atoms with van der Waals surface area (Å²) in [6.45, 7) is 8.23. The number of hydrogen-bond acceptors (Lipinski definition) is 4. The molecule has 1 amide bonds. The summed E-state index contributed by atoms with van der Waals surface area (Å²) in [5.41, 5.74) is 1.90. The highest BCUT2D eigenvalue weighted by atomic mass is 16.5. The lowest BCUT2D eigenvalue weighted by molar-refractivity contribution is 0.0474. The van der Waals surface area contributed by atoms with Crippen molar-refractivity contribution in [3.8, 4) is 0 Å². The normalized spacial score (nSPS) is 25.8. The quantitative estimate of drug-likeness (QED) is 0.848. The third-order valence-corrected chi connectivity index (χ3v) is 5.47. The van der Waals surface area contributed by atoms with E-state index < -0.39 is 0 Å². The molecule has 1 atom stereocenters. The molecule has 1 saturated carbocycles. The molecule has 2 saturated heterocycles. The minimum atomic E-state index is 0.181. The maximum atomic E-state index is 13.2. The summed E-state index contributed by atoms with van der Waals surface area (Å²) < 4.78 is 5.45. The summed E-state index contributed by atoms with van der Waals surface area (Å²) in [4.78, 5) is 20.1. The first kappa shape index (κ1) is 15.9. The van der Waals surface area contributed by atoms with Crippen molar-refractivity contribution in [3.63, 3.8) is 0 Å². The molecular weight excluding hydrogens is 302 g/mol. The van der Waals surface area contributed by atoms with Crippen LogP contribution < -0.4 is 4.90 Å². The van der Waals surface area contributed by atoms with Crippen molar-refractivity contribution in [3.05, 3.63) is 29.8 Å². The van der Waals surface area contributed by atoms with Crippen molar-refractivity contribution < 1.29 is 9.53 Å². The van der Waals surface area contributed by atoms with Crippen LogP contribution in [-0.4, -0.2) is 73.7 Å². The number of carbonyl (C=O) groups is 1. The smallest absolute Gasteiger partial charge is 0.256 e. The van der Waals surface area contributed by atoms with Crippen molar-refractivity contribution in [2.24, 2.45) is 0 Å². The van der Waals surface area contributed by atoms with Gasteiger partial charge in [-0.25, -0.2) is 0 Å². The summed E-state index contributed by atoms with van der Waals surface area (Å²) in [5, 5.41) is 0. The van der Waals surface area contributed by atoms with Crippen molar-refractivity contribution in [2.75, 3.05) is 50.8 Å². The third-order valence-electron chi connectivity index (χ3n) is 5.47. The van der Waals surface area contributed by atoms with Gasteiger partial charge >= 0.3 is 0 Å². The predicted octanol–water partition coefficient (Wildman–Crippen LogP) is 1.83. The predicted molar refractivity (Wildman–Crippen MR) is 94.6 cm³/mol. The van der Waals surface area contributed by atoms with Gasteiger partial charge in [-0.3, -0.25) is 9.69 Å². The standard InChI is InChI=1S/C19H27N3O2/c1-15-14-21(16-6-7-16)8-9-22(15)19(23)17-4-2-3-5-18(17)20-10-12-24-13-11-20/h2-5,15-16H,6-14H2,1H3. The molecule has 5 nitrogen and oxygen atoms in total. The van der Waals surface area contributed by atoms with E-state index in [2.05, 4.69) is 27.7 Å². The molecule has 3 fully saturated rings. The Bertz CT molecular complexity index is 596. The highest BCUT2D eigenvalue weighted by Gasteiger charge is 2.36. The Labute approximate surface area is 144 Å². The fourth-order valence-corrected chi connectivity index (χ4v) is 3.95. The fourth-order valence-electron chi connectivity index (χ4n) is 3.95.